The molecule has 0 spiro atoms. The summed E-state index contributed by atoms with van der Waals surface area (Å²) in [6.07, 6.45) is 8.20. The third-order valence-corrected chi connectivity index (χ3v) is 5.34. The van der Waals surface area contributed by atoms with Crippen LogP contribution in [-0.2, 0) is 11.2 Å². The van der Waals surface area contributed by atoms with Gasteiger partial charge >= 0.3 is 0 Å². The summed E-state index contributed by atoms with van der Waals surface area (Å²) in [5.74, 6) is 0.647. The number of amides is 1. The zero-order valence-corrected chi connectivity index (χ0v) is 18.4. The van der Waals surface area contributed by atoms with Crippen LogP contribution in [0, 0.1) is 0 Å². The fourth-order valence-electron chi connectivity index (χ4n) is 3.47. The largest absolute Gasteiger partial charge is 0.396 e. The summed E-state index contributed by atoms with van der Waals surface area (Å²) in [4.78, 5) is 18.9. The molecular formula is C24H37N3O3. The van der Waals surface area contributed by atoms with Crippen molar-refractivity contribution in [1.82, 2.24) is 10.2 Å². The molecule has 0 saturated carbocycles. The molecule has 0 radical (unpaired) electrons. The minimum absolute atomic E-state index is 0.0880. The molecular weight excluding hydrogens is 378 g/mol. The van der Waals surface area contributed by atoms with Gasteiger partial charge in [-0.2, -0.15) is 0 Å². The first-order valence-corrected chi connectivity index (χ1v) is 11.3. The van der Waals surface area contributed by atoms with Gasteiger partial charge in [-0.1, -0.05) is 51.0 Å². The van der Waals surface area contributed by atoms with E-state index in [2.05, 4.69) is 31.3 Å². The summed E-state index contributed by atoms with van der Waals surface area (Å²) in [5.41, 5.74) is 3.00. The third kappa shape index (κ3) is 7.58. The number of rotatable bonds is 13. The van der Waals surface area contributed by atoms with E-state index in [0.717, 1.165) is 68.5 Å². The minimum Gasteiger partial charge on any atom is -0.396 e. The molecule has 1 unspecified atom stereocenters. The SMILES string of the molecule is CCCCCC1=NC(c2ccc(CC)cc2)=CC(O)N1CC(=O)NCCCCCO. The van der Waals surface area contributed by atoms with Crippen molar-refractivity contribution < 1.29 is 15.0 Å². The zero-order chi connectivity index (χ0) is 21.8. The van der Waals surface area contributed by atoms with Gasteiger partial charge in [0.2, 0.25) is 5.91 Å². The van der Waals surface area contributed by atoms with Crippen molar-refractivity contribution in [2.75, 3.05) is 19.7 Å². The number of unbranched alkanes of at least 4 members (excludes halogenated alkanes) is 4. The molecule has 1 aromatic carbocycles. The molecule has 1 aromatic rings. The maximum Gasteiger partial charge on any atom is 0.239 e. The van der Waals surface area contributed by atoms with Crippen molar-refractivity contribution >= 4 is 17.4 Å². The highest BCUT2D eigenvalue weighted by Crippen LogP contribution is 2.25. The molecule has 3 N–H and O–H groups in total. The number of nitrogens with one attached hydrogen (secondary N) is 1. The van der Waals surface area contributed by atoms with E-state index < -0.39 is 6.23 Å². The molecule has 166 valence electrons. The molecule has 2 rings (SSSR count). The van der Waals surface area contributed by atoms with Gasteiger partial charge < -0.3 is 20.4 Å². The van der Waals surface area contributed by atoms with Crippen LogP contribution in [0.1, 0.15) is 69.9 Å². The van der Waals surface area contributed by atoms with Crippen molar-refractivity contribution in [3.63, 3.8) is 0 Å². The smallest absolute Gasteiger partial charge is 0.239 e. The first-order valence-electron chi connectivity index (χ1n) is 11.3. The Labute approximate surface area is 180 Å². The quantitative estimate of drug-likeness (QED) is 0.431. The maximum absolute atomic E-state index is 12.4. The first kappa shape index (κ1) is 24.1. The number of benzene rings is 1. The Kier molecular flexibility index (Phi) is 10.6. The van der Waals surface area contributed by atoms with Crippen molar-refractivity contribution in [3.8, 4) is 0 Å². The van der Waals surface area contributed by atoms with Crippen LogP contribution < -0.4 is 5.32 Å². The topological polar surface area (TPSA) is 85.2 Å². The summed E-state index contributed by atoms with van der Waals surface area (Å²) < 4.78 is 0. The van der Waals surface area contributed by atoms with E-state index in [-0.39, 0.29) is 19.1 Å². The molecule has 6 heteroatoms. The van der Waals surface area contributed by atoms with Gasteiger partial charge in [0.15, 0.2) is 0 Å². The molecule has 0 saturated heterocycles. The lowest BCUT2D eigenvalue weighted by Crippen LogP contribution is -2.47. The van der Waals surface area contributed by atoms with Crippen molar-refractivity contribution in [2.45, 2.75) is 71.4 Å². The molecule has 30 heavy (non-hydrogen) atoms. The third-order valence-electron chi connectivity index (χ3n) is 5.34. The normalized spacial score (nSPS) is 16.3. The number of nitrogens with zero attached hydrogens (tertiary/aromatic N) is 2. The van der Waals surface area contributed by atoms with Gasteiger partial charge in [-0.25, -0.2) is 4.99 Å². The van der Waals surface area contributed by atoms with E-state index in [0.29, 0.717) is 6.54 Å². The number of carbonyl (C=O) groups excluding carboxylic acids is 1. The highest BCUT2D eigenvalue weighted by atomic mass is 16.3. The fraction of sp³-hybridized carbons (Fsp3) is 0.583. The number of aliphatic imine (C=N–C) groups is 1. The number of aliphatic hydroxyl groups excluding tert-OH is 2. The van der Waals surface area contributed by atoms with E-state index in [1.165, 1.54) is 5.56 Å². The lowest BCUT2D eigenvalue weighted by Gasteiger charge is -2.32. The molecule has 1 aliphatic heterocycles. The van der Waals surface area contributed by atoms with Crippen LogP contribution in [-0.4, -0.2) is 52.8 Å². The molecule has 6 nitrogen and oxygen atoms in total. The number of carbonyl (C=O) groups is 1. The van der Waals surface area contributed by atoms with E-state index in [1.807, 2.05) is 12.1 Å². The predicted molar refractivity (Wildman–Crippen MR) is 122 cm³/mol. The standard InChI is InChI=1S/C24H37N3O3/c1-3-5-7-10-22-26-21(20-13-11-19(4-2)12-14-20)17-24(30)27(22)18-23(29)25-15-8-6-9-16-28/h11-14,17,24,28,30H,3-10,15-16,18H2,1-2H3,(H,25,29). The van der Waals surface area contributed by atoms with Gasteiger partial charge in [0.1, 0.15) is 18.6 Å². The second-order valence-corrected chi connectivity index (χ2v) is 7.76. The van der Waals surface area contributed by atoms with Crippen LogP contribution in [0.4, 0.5) is 0 Å². The predicted octanol–water partition coefficient (Wildman–Crippen LogP) is 3.48. The van der Waals surface area contributed by atoms with Gasteiger partial charge in [-0.3, -0.25) is 4.79 Å². The Morgan fingerprint density at radius 1 is 1.10 bits per heavy atom. The maximum atomic E-state index is 12.4. The van der Waals surface area contributed by atoms with E-state index in [1.54, 1.807) is 11.0 Å². The summed E-state index contributed by atoms with van der Waals surface area (Å²) in [5, 5.41) is 22.5. The molecule has 0 fully saturated rings. The molecule has 1 aliphatic rings. The average molecular weight is 416 g/mol. The van der Waals surface area contributed by atoms with Gasteiger partial charge in [0.25, 0.3) is 0 Å². The lowest BCUT2D eigenvalue weighted by atomic mass is 10.1. The fourth-order valence-corrected chi connectivity index (χ4v) is 3.47. The highest BCUT2D eigenvalue weighted by molar-refractivity contribution is 5.93. The van der Waals surface area contributed by atoms with Crippen LogP contribution in [0.5, 0.6) is 0 Å². The zero-order valence-electron chi connectivity index (χ0n) is 18.4. The van der Waals surface area contributed by atoms with Gasteiger partial charge in [0.05, 0.1) is 5.70 Å². The van der Waals surface area contributed by atoms with E-state index in [9.17, 15) is 9.90 Å². The Balaban J connectivity index is 2.06. The molecule has 1 amide bonds. The van der Waals surface area contributed by atoms with Gasteiger partial charge in [-0.15, -0.1) is 0 Å². The summed E-state index contributed by atoms with van der Waals surface area (Å²) in [6.45, 7) is 5.13. The van der Waals surface area contributed by atoms with Crippen LogP contribution in [0.2, 0.25) is 0 Å². The first-order chi connectivity index (χ1) is 14.6. The highest BCUT2D eigenvalue weighted by Gasteiger charge is 2.25. The lowest BCUT2D eigenvalue weighted by molar-refractivity contribution is -0.122. The van der Waals surface area contributed by atoms with Crippen molar-refractivity contribution in [3.05, 3.63) is 41.5 Å². The van der Waals surface area contributed by atoms with Crippen molar-refractivity contribution in [1.29, 1.82) is 0 Å². The summed E-state index contributed by atoms with van der Waals surface area (Å²) in [6, 6.07) is 8.26. The summed E-state index contributed by atoms with van der Waals surface area (Å²) in [7, 11) is 0. The Hall–Kier alpha value is -2.18. The van der Waals surface area contributed by atoms with Gasteiger partial charge in [0, 0.05) is 25.1 Å². The molecule has 0 bridgehead atoms. The molecule has 1 heterocycles. The molecule has 0 aromatic heterocycles. The van der Waals surface area contributed by atoms with Crippen molar-refractivity contribution in [2.24, 2.45) is 4.99 Å². The number of amidine groups is 1. The molecule has 0 aliphatic carbocycles. The Bertz CT molecular complexity index is 713. The minimum atomic E-state index is -0.875. The molecule has 1 atom stereocenters. The van der Waals surface area contributed by atoms with Crippen LogP contribution in [0.25, 0.3) is 5.70 Å². The van der Waals surface area contributed by atoms with Gasteiger partial charge in [-0.05, 0) is 43.7 Å². The monoisotopic (exact) mass is 415 g/mol. The number of aliphatic hydroxyl groups is 2. The van der Waals surface area contributed by atoms with E-state index >= 15 is 0 Å². The number of aryl methyl sites for hydroxylation is 1. The van der Waals surface area contributed by atoms with Crippen LogP contribution in [0.3, 0.4) is 0 Å². The Morgan fingerprint density at radius 2 is 1.87 bits per heavy atom. The second-order valence-electron chi connectivity index (χ2n) is 7.76. The number of hydrogen-bond acceptors (Lipinski definition) is 5. The van der Waals surface area contributed by atoms with Crippen LogP contribution >= 0.6 is 0 Å². The summed E-state index contributed by atoms with van der Waals surface area (Å²) >= 11 is 0. The second kappa shape index (κ2) is 13.2. The van der Waals surface area contributed by atoms with E-state index in [4.69, 9.17) is 10.1 Å². The van der Waals surface area contributed by atoms with Crippen LogP contribution in [0.15, 0.2) is 35.3 Å². The average Bonchev–Trinajstić information content (AvgIpc) is 2.76. The Morgan fingerprint density at radius 3 is 2.53 bits per heavy atom. The number of hydrogen-bond donors (Lipinski definition) is 3.